The second kappa shape index (κ2) is 8.82. The molecule has 0 amide bonds. The third-order valence-corrected chi connectivity index (χ3v) is 3.23. The maximum atomic E-state index is 3.51. The molecule has 5 heteroatoms. The van der Waals surface area contributed by atoms with Crippen LogP contribution in [0.25, 0.3) is 0 Å². The van der Waals surface area contributed by atoms with Gasteiger partial charge >= 0.3 is 0 Å². The molecule has 0 bridgehead atoms. The van der Waals surface area contributed by atoms with Crippen LogP contribution in [0, 0.1) is 0 Å². The quantitative estimate of drug-likeness (QED) is 0.675. The van der Waals surface area contributed by atoms with Gasteiger partial charge in [0.1, 0.15) is 0 Å². The molecule has 1 N–H and O–H groups in total. The summed E-state index contributed by atoms with van der Waals surface area (Å²) in [4.78, 5) is 4.51. The van der Waals surface area contributed by atoms with Gasteiger partial charge in [0, 0.05) is 26.2 Å². The lowest BCUT2D eigenvalue weighted by atomic mass is 10.3. The van der Waals surface area contributed by atoms with Crippen molar-refractivity contribution in [2.24, 2.45) is 0 Å². The van der Waals surface area contributed by atoms with Gasteiger partial charge in [-0.3, -0.25) is 0 Å². The lowest BCUT2D eigenvalue weighted by Gasteiger charge is -2.39. The monoisotopic (exact) mass is 257 g/mol. The van der Waals surface area contributed by atoms with Crippen LogP contribution in [0.5, 0.6) is 0 Å². The van der Waals surface area contributed by atoms with Gasteiger partial charge in [0.15, 0.2) is 0 Å². The zero-order chi connectivity index (χ0) is 13.4. The molecule has 5 nitrogen and oxygen atoms in total. The van der Waals surface area contributed by atoms with Crippen molar-refractivity contribution in [1.29, 1.82) is 0 Å². The maximum Gasteiger partial charge on any atom is 0.0302 e. The summed E-state index contributed by atoms with van der Waals surface area (Å²) in [5.41, 5.74) is 3.51. The minimum atomic E-state index is 1.11. The Kier molecular flexibility index (Phi) is 7.77. The second-order valence-electron chi connectivity index (χ2n) is 5.65. The van der Waals surface area contributed by atoms with Gasteiger partial charge in [0.05, 0.1) is 0 Å². The molecular formula is C13H31N5. The number of hydrogen-bond donors (Lipinski definition) is 1. The van der Waals surface area contributed by atoms with Crippen LogP contribution in [0.3, 0.4) is 0 Å². The molecular weight excluding hydrogens is 226 g/mol. The highest BCUT2D eigenvalue weighted by molar-refractivity contribution is 4.64. The van der Waals surface area contributed by atoms with Gasteiger partial charge in [-0.05, 0) is 60.5 Å². The van der Waals surface area contributed by atoms with E-state index in [0.29, 0.717) is 0 Å². The summed E-state index contributed by atoms with van der Waals surface area (Å²) < 4.78 is 0. The van der Waals surface area contributed by atoms with E-state index in [9.17, 15) is 0 Å². The van der Waals surface area contributed by atoms with Crippen LogP contribution < -0.4 is 5.43 Å². The van der Waals surface area contributed by atoms with Crippen LogP contribution in [0.1, 0.15) is 19.3 Å². The first-order valence-electron chi connectivity index (χ1n) is 7.15. The third-order valence-electron chi connectivity index (χ3n) is 3.23. The molecule has 1 heterocycles. The zero-order valence-corrected chi connectivity index (χ0v) is 12.7. The zero-order valence-electron chi connectivity index (χ0n) is 12.7. The molecule has 0 aromatic heterocycles. The van der Waals surface area contributed by atoms with Gasteiger partial charge in [0.2, 0.25) is 0 Å². The maximum absolute atomic E-state index is 3.51. The Labute approximate surface area is 113 Å². The largest absolute Gasteiger partial charge is 0.309 e. The smallest absolute Gasteiger partial charge is 0.0302 e. The minimum Gasteiger partial charge on any atom is -0.309 e. The van der Waals surface area contributed by atoms with Crippen LogP contribution in [0.15, 0.2) is 0 Å². The molecule has 1 fully saturated rings. The lowest BCUT2D eigenvalue weighted by molar-refractivity contribution is -0.0960. The van der Waals surface area contributed by atoms with Crippen molar-refractivity contribution in [3.8, 4) is 0 Å². The molecule has 0 aromatic rings. The Balaban J connectivity index is 2.23. The van der Waals surface area contributed by atoms with Gasteiger partial charge in [-0.15, -0.1) is 0 Å². The normalized spacial score (nSPS) is 19.0. The highest BCUT2D eigenvalue weighted by Gasteiger charge is 2.18. The number of hydrazine groups is 2. The highest BCUT2D eigenvalue weighted by atomic mass is 15.8. The fraction of sp³-hybridized carbons (Fsp3) is 1.00. The molecule has 0 atom stereocenters. The lowest BCUT2D eigenvalue weighted by Crippen LogP contribution is -2.56. The molecule has 108 valence electrons. The van der Waals surface area contributed by atoms with Crippen molar-refractivity contribution in [3.63, 3.8) is 0 Å². The molecule has 1 aliphatic heterocycles. The fourth-order valence-corrected chi connectivity index (χ4v) is 2.25. The predicted octanol–water partition coefficient (Wildman–Crippen LogP) is 0.317. The number of nitrogens with zero attached hydrogens (tertiary/aromatic N) is 4. The van der Waals surface area contributed by atoms with E-state index in [2.05, 4.69) is 53.5 Å². The van der Waals surface area contributed by atoms with Crippen LogP contribution in [-0.4, -0.2) is 87.4 Å². The molecule has 0 radical (unpaired) electrons. The summed E-state index contributed by atoms with van der Waals surface area (Å²) in [6.45, 7) is 6.91. The molecule has 0 spiro atoms. The van der Waals surface area contributed by atoms with E-state index in [1.54, 1.807) is 0 Å². The molecule has 18 heavy (non-hydrogen) atoms. The van der Waals surface area contributed by atoms with E-state index in [1.165, 1.54) is 32.4 Å². The third kappa shape index (κ3) is 6.66. The van der Waals surface area contributed by atoms with E-state index in [1.807, 2.05) is 0 Å². The van der Waals surface area contributed by atoms with Gasteiger partial charge in [0.25, 0.3) is 0 Å². The first-order valence-corrected chi connectivity index (χ1v) is 7.15. The first kappa shape index (κ1) is 15.9. The average Bonchev–Trinajstić information content (AvgIpc) is 2.30. The molecule has 0 saturated carbocycles. The molecule has 0 unspecified atom stereocenters. The van der Waals surface area contributed by atoms with Gasteiger partial charge in [-0.25, -0.2) is 10.4 Å². The second-order valence-corrected chi connectivity index (χ2v) is 5.65. The molecule has 1 rings (SSSR count). The summed E-state index contributed by atoms with van der Waals surface area (Å²) in [7, 11) is 8.56. The van der Waals surface area contributed by atoms with Crippen LogP contribution in [0.4, 0.5) is 0 Å². The number of nitrogens with one attached hydrogen (secondary N) is 1. The Morgan fingerprint density at radius 2 is 1.56 bits per heavy atom. The van der Waals surface area contributed by atoms with E-state index >= 15 is 0 Å². The molecule has 0 aliphatic carbocycles. The van der Waals surface area contributed by atoms with E-state index in [4.69, 9.17) is 0 Å². The van der Waals surface area contributed by atoms with Gasteiger partial charge < -0.3 is 9.80 Å². The summed E-state index contributed by atoms with van der Waals surface area (Å²) in [5.74, 6) is 0. The summed E-state index contributed by atoms with van der Waals surface area (Å²) >= 11 is 0. The van der Waals surface area contributed by atoms with E-state index in [0.717, 1.165) is 26.2 Å². The van der Waals surface area contributed by atoms with Crippen LogP contribution >= 0.6 is 0 Å². The Hall–Kier alpha value is -0.200. The standard InChI is InChI=1S/C13H31N5/c1-15(2)9-6-12-17-11-5-8-14-18(17)13-7-10-16(3)4/h14H,5-13H2,1-4H3. The fourth-order valence-electron chi connectivity index (χ4n) is 2.25. The Morgan fingerprint density at radius 3 is 2.17 bits per heavy atom. The van der Waals surface area contributed by atoms with Crippen molar-refractivity contribution in [3.05, 3.63) is 0 Å². The predicted molar refractivity (Wildman–Crippen MR) is 77.2 cm³/mol. The molecule has 0 aromatic carbocycles. The van der Waals surface area contributed by atoms with Crippen molar-refractivity contribution >= 4 is 0 Å². The Morgan fingerprint density at radius 1 is 0.944 bits per heavy atom. The van der Waals surface area contributed by atoms with Crippen molar-refractivity contribution in [2.45, 2.75) is 19.3 Å². The molecule has 1 aliphatic rings. The first-order chi connectivity index (χ1) is 8.59. The van der Waals surface area contributed by atoms with E-state index in [-0.39, 0.29) is 0 Å². The number of rotatable bonds is 8. The SMILES string of the molecule is CN(C)CCCN1CCCNN1CCCN(C)C. The average molecular weight is 257 g/mol. The molecule has 1 saturated heterocycles. The van der Waals surface area contributed by atoms with Crippen LogP contribution in [-0.2, 0) is 0 Å². The number of hydrogen-bond acceptors (Lipinski definition) is 5. The summed E-state index contributed by atoms with van der Waals surface area (Å²) in [6, 6.07) is 0. The minimum absolute atomic E-state index is 1.11. The van der Waals surface area contributed by atoms with Crippen LogP contribution in [0.2, 0.25) is 0 Å². The van der Waals surface area contributed by atoms with Crippen molar-refractivity contribution in [1.82, 2.24) is 25.4 Å². The van der Waals surface area contributed by atoms with Gasteiger partial charge in [-0.1, -0.05) is 0 Å². The van der Waals surface area contributed by atoms with Crippen molar-refractivity contribution in [2.75, 3.05) is 67.5 Å². The van der Waals surface area contributed by atoms with Crippen molar-refractivity contribution < 1.29 is 0 Å². The summed E-state index contributed by atoms with van der Waals surface area (Å²) in [5, 5.41) is 4.81. The topological polar surface area (TPSA) is 25.0 Å². The Bertz CT molecular complexity index is 186. The van der Waals surface area contributed by atoms with Gasteiger partial charge in [-0.2, -0.15) is 5.12 Å². The highest BCUT2D eigenvalue weighted by Crippen LogP contribution is 2.05. The van der Waals surface area contributed by atoms with E-state index < -0.39 is 0 Å². The summed E-state index contributed by atoms with van der Waals surface area (Å²) in [6.07, 6.45) is 3.70.